The van der Waals surface area contributed by atoms with Crippen molar-refractivity contribution in [2.45, 2.75) is 31.7 Å². The summed E-state index contributed by atoms with van der Waals surface area (Å²) in [6, 6.07) is 0.494. The van der Waals surface area contributed by atoms with E-state index in [9.17, 15) is 26.3 Å². The van der Waals surface area contributed by atoms with Gasteiger partial charge in [0.1, 0.15) is 11.5 Å². The fourth-order valence-corrected chi connectivity index (χ4v) is 1.79. The number of nitrogens with one attached hydrogen (secondary N) is 1. The number of halogens is 6. The molecule has 1 rings (SSSR count). The van der Waals surface area contributed by atoms with Gasteiger partial charge in [0.15, 0.2) is 5.92 Å². The van der Waals surface area contributed by atoms with Crippen molar-refractivity contribution >= 4 is 0 Å². The molecule has 0 spiro atoms. The highest BCUT2D eigenvalue weighted by Gasteiger charge is 2.61. The Labute approximate surface area is 105 Å². The number of hydrogen-bond donors (Lipinski definition) is 1. The lowest BCUT2D eigenvalue weighted by Crippen LogP contribution is -2.44. The van der Waals surface area contributed by atoms with Crippen LogP contribution in [0.1, 0.15) is 24.5 Å². The predicted octanol–water partition coefficient (Wildman–Crippen LogP) is 3.84. The molecule has 0 aromatic carbocycles. The molecule has 0 radical (unpaired) electrons. The SMILES string of the molecule is CCc1ccc(C(NC)C(C(F)(F)F)C(F)(F)F)o1. The van der Waals surface area contributed by atoms with Gasteiger partial charge in [0.2, 0.25) is 0 Å². The topological polar surface area (TPSA) is 25.2 Å². The zero-order chi connectivity index (χ0) is 14.8. The van der Waals surface area contributed by atoms with Gasteiger partial charge in [0.05, 0.1) is 6.04 Å². The van der Waals surface area contributed by atoms with E-state index in [1.54, 1.807) is 6.92 Å². The Kier molecular flexibility index (Phi) is 4.54. The standard InChI is InChI=1S/C11H13F6NO/c1-3-6-4-5-7(19-6)8(18-2)9(10(12,13)14)11(15,16)17/h4-5,8-9,18H,3H2,1-2H3. The van der Waals surface area contributed by atoms with Crippen molar-refractivity contribution in [1.29, 1.82) is 0 Å². The molecule has 1 N–H and O–H groups in total. The van der Waals surface area contributed by atoms with E-state index in [1.165, 1.54) is 6.07 Å². The zero-order valence-corrected chi connectivity index (χ0v) is 10.2. The van der Waals surface area contributed by atoms with Gasteiger partial charge in [0.25, 0.3) is 0 Å². The second-order valence-electron chi connectivity index (χ2n) is 3.98. The first-order valence-electron chi connectivity index (χ1n) is 5.50. The molecule has 0 fully saturated rings. The summed E-state index contributed by atoms with van der Waals surface area (Å²) in [5.74, 6) is -3.56. The Morgan fingerprint density at radius 3 is 1.95 bits per heavy atom. The lowest BCUT2D eigenvalue weighted by molar-refractivity contribution is -0.293. The van der Waals surface area contributed by atoms with Crippen molar-refractivity contribution in [2.24, 2.45) is 5.92 Å². The summed E-state index contributed by atoms with van der Waals surface area (Å²) in [6.07, 6.45) is -10.4. The van der Waals surface area contributed by atoms with E-state index >= 15 is 0 Å². The maximum Gasteiger partial charge on any atom is 0.402 e. The molecular weight excluding hydrogens is 276 g/mol. The number of alkyl halides is 6. The molecule has 0 aliphatic rings. The van der Waals surface area contributed by atoms with E-state index < -0.39 is 24.3 Å². The fourth-order valence-electron chi connectivity index (χ4n) is 1.79. The van der Waals surface area contributed by atoms with Crippen LogP contribution in [0.4, 0.5) is 26.3 Å². The van der Waals surface area contributed by atoms with Gasteiger partial charge in [-0.05, 0) is 19.2 Å². The highest BCUT2D eigenvalue weighted by molar-refractivity contribution is 5.13. The van der Waals surface area contributed by atoms with Crippen molar-refractivity contribution < 1.29 is 30.8 Å². The second-order valence-corrected chi connectivity index (χ2v) is 3.98. The average Bonchev–Trinajstić information content (AvgIpc) is 2.70. The molecule has 1 atom stereocenters. The molecule has 0 aliphatic carbocycles. The minimum Gasteiger partial charge on any atom is -0.464 e. The minimum absolute atomic E-state index is 0.332. The lowest BCUT2D eigenvalue weighted by Gasteiger charge is -2.29. The lowest BCUT2D eigenvalue weighted by atomic mass is 9.96. The Morgan fingerprint density at radius 2 is 1.63 bits per heavy atom. The molecule has 1 unspecified atom stereocenters. The molecule has 0 saturated carbocycles. The molecular formula is C11H13F6NO. The van der Waals surface area contributed by atoms with E-state index in [0.717, 1.165) is 13.1 Å². The largest absolute Gasteiger partial charge is 0.464 e. The zero-order valence-electron chi connectivity index (χ0n) is 10.2. The van der Waals surface area contributed by atoms with Crippen molar-refractivity contribution in [2.75, 3.05) is 7.05 Å². The molecule has 0 bridgehead atoms. The van der Waals surface area contributed by atoms with Gasteiger partial charge in [-0.15, -0.1) is 0 Å². The molecule has 0 amide bonds. The third-order valence-electron chi connectivity index (χ3n) is 2.69. The number of hydrogen-bond acceptors (Lipinski definition) is 2. The van der Waals surface area contributed by atoms with Crippen LogP contribution in [-0.2, 0) is 6.42 Å². The van der Waals surface area contributed by atoms with Gasteiger partial charge in [0, 0.05) is 6.42 Å². The van der Waals surface area contributed by atoms with Gasteiger partial charge in [-0.2, -0.15) is 26.3 Å². The average molecular weight is 289 g/mol. The normalized spacial score (nSPS) is 15.0. The Hall–Kier alpha value is -1.18. The Bertz CT molecular complexity index is 394. The van der Waals surface area contributed by atoms with Crippen LogP contribution in [-0.4, -0.2) is 19.4 Å². The summed E-state index contributed by atoms with van der Waals surface area (Å²) in [5.41, 5.74) is 0. The van der Waals surface area contributed by atoms with E-state index in [1.807, 2.05) is 5.32 Å². The molecule has 1 aromatic heterocycles. The summed E-state index contributed by atoms with van der Waals surface area (Å²) in [6.45, 7) is 1.68. The first kappa shape index (κ1) is 15.9. The van der Waals surface area contributed by atoms with Gasteiger partial charge < -0.3 is 9.73 Å². The van der Waals surface area contributed by atoms with Crippen LogP contribution < -0.4 is 5.32 Å². The molecule has 1 aromatic rings. The van der Waals surface area contributed by atoms with E-state index in [4.69, 9.17) is 4.42 Å². The van der Waals surface area contributed by atoms with E-state index in [-0.39, 0.29) is 5.76 Å². The molecule has 0 saturated heterocycles. The molecule has 0 aliphatic heterocycles. The quantitative estimate of drug-likeness (QED) is 0.852. The van der Waals surface area contributed by atoms with Gasteiger partial charge in [-0.3, -0.25) is 0 Å². The van der Waals surface area contributed by atoms with Crippen LogP contribution in [0.25, 0.3) is 0 Å². The first-order valence-corrected chi connectivity index (χ1v) is 5.50. The van der Waals surface area contributed by atoms with Crippen molar-refractivity contribution in [3.63, 3.8) is 0 Å². The molecule has 110 valence electrons. The van der Waals surface area contributed by atoms with Crippen molar-refractivity contribution in [3.8, 4) is 0 Å². The second kappa shape index (κ2) is 5.44. The highest BCUT2D eigenvalue weighted by Crippen LogP contribution is 2.46. The highest BCUT2D eigenvalue weighted by atomic mass is 19.4. The van der Waals surface area contributed by atoms with Gasteiger partial charge >= 0.3 is 12.4 Å². The molecule has 1 heterocycles. The summed E-state index contributed by atoms with van der Waals surface area (Å²) in [7, 11) is 1.03. The summed E-state index contributed by atoms with van der Waals surface area (Å²) < 4.78 is 80.7. The van der Waals surface area contributed by atoms with Crippen LogP contribution in [0.15, 0.2) is 16.5 Å². The van der Waals surface area contributed by atoms with Crippen LogP contribution >= 0.6 is 0 Å². The van der Waals surface area contributed by atoms with Crippen LogP contribution in [0.3, 0.4) is 0 Å². The third-order valence-corrected chi connectivity index (χ3v) is 2.69. The Balaban J connectivity index is 3.17. The fraction of sp³-hybridized carbons (Fsp3) is 0.636. The maximum atomic E-state index is 12.6. The van der Waals surface area contributed by atoms with E-state index in [2.05, 4.69) is 0 Å². The number of furan rings is 1. The number of rotatable bonds is 4. The molecule has 19 heavy (non-hydrogen) atoms. The first-order chi connectivity index (χ1) is 8.61. The molecule has 2 nitrogen and oxygen atoms in total. The van der Waals surface area contributed by atoms with E-state index in [0.29, 0.717) is 12.2 Å². The van der Waals surface area contributed by atoms with Crippen LogP contribution in [0, 0.1) is 5.92 Å². The third kappa shape index (κ3) is 3.65. The monoisotopic (exact) mass is 289 g/mol. The van der Waals surface area contributed by atoms with Crippen molar-refractivity contribution in [1.82, 2.24) is 5.32 Å². The maximum absolute atomic E-state index is 12.6. The number of aryl methyl sites for hydroxylation is 1. The van der Waals surface area contributed by atoms with Crippen LogP contribution in [0.2, 0.25) is 0 Å². The minimum atomic E-state index is -5.41. The summed E-state index contributed by atoms with van der Waals surface area (Å²) in [5, 5.41) is 2.04. The predicted molar refractivity (Wildman–Crippen MR) is 55.5 cm³/mol. The Morgan fingerprint density at radius 1 is 1.11 bits per heavy atom. The summed E-state index contributed by atoms with van der Waals surface area (Å²) in [4.78, 5) is 0. The van der Waals surface area contributed by atoms with Gasteiger partial charge in [-0.1, -0.05) is 6.92 Å². The van der Waals surface area contributed by atoms with Gasteiger partial charge in [-0.25, -0.2) is 0 Å². The van der Waals surface area contributed by atoms with Crippen molar-refractivity contribution in [3.05, 3.63) is 23.7 Å². The summed E-state index contributed by atoms with van der Waals surface area (Å²) >= 11 is 0. The smallest absolute Gasteiger partial charge is 0.402 e. The van der Waals surface area contributed by atoms with Crippen LogP contribution in [0.5, 0.6) is 0 Å². The molecule has 8 heteroatoms.